The molecule has 19 heavy (non-hydrogen) atoms. The van der Waals surface area contributed by atoms with Crippen LogP contribution in [0, 0.1) is 0 Å². The summed E-state index contributed by atoms with van der Waals surface area (Å²) >= 11 is 1.81. The minimum atomic E-state index is 0.267. The zero-order valence-corrected chi connectivity index (χ0v) is 12.5. The van der Waals surface area contributed by atoms with Crippen LogP contribution in [0.2, 0.25) is 0 Å². The van der Waals surface area contributed by atoms with E-state index in [0.29, 0.717) is 6.04 Å². The molecule has 2 rings (SSSR count). The Kier molecular flexibility index (Phi) is 5.00. The number of hydrogen-bond acceptors (Lipinski definition) is 3. The van der Waals surface area contributed by atoms with Gasteiger partial charge in [-0.3, -0.25) is 0 Å². The molecule has 2 atom stereocenters. The smallest absolute Gasteiger partial charge is 0.123 e. The Hall–Kier alpha value is -1.32. The number of hydrogen-bond donors (Lipinski definition) is 1. The van der Waals surface area contributed by atoms with Crippen LogP contribution >= 0.6 is 11.3 Å². The molecule has 1 aromatic heterocycles. The summed E-state index contributed by atoms with van der Waals surface area (Å²) in [5.74, 6) is 0.948. The van der Waals surface area contributed by atoms with Crippen LogP contribution in [0.3, 0.4) is 0 Å². The first kappa shape index (κ1) is 14.1. The van der Waals surface area contributed by atoms with Crippen LogP contribution in [0.1, 0.15) is 42.8 Å². The van der Waals surface area contributed by atoms with E-state index in [9.17, 15) is 0 Å². The van der Waals surface area contributed by atoms with E-state index in [-0.39, 0.29) is 6.04 Å². The fourth-order valence-electron chi connectivity index (χ4n) is 2.31. The van der Waals surface area contributed by atoms with E-state index in [1.165, 1.54) is 10.4 Å². The van der Waals surface area contributed by atoms with Crippen molar-refractivity contribution in [2.75, 3.05) is 7.11 Å². The fraction of sp³-hybridized carbons (Fsp3) is 0.375. The van der Waals surface area contributed by atoms with Gasteiger partial charge in [-0.2, -0.15) is 0 Å². The van der Waals surface area contributed by atoms with E-state index in [1.807, 2.05) is 23.5 Å². The molecule has 1 unspecified atom stereocenters. The van der Waals surface area contributed by atoms with Crippen LogP contribution in [-0.4, -0.2) is 7.11 Å². The van der Waals surface area contributed by atoms with Gasteiger partial charge in [0, 0.05) is 22.5 Å². The van der Waals surface area contributed by atoms with Crippen molar-refractivity contribution < 1.29 is 4.74 Å². The van der Waals surface area contributed by atoms with E-state index in [4.69, 9.17) is 4.74 Å². The van der Waals surface area contributed by atoms with Crippen molar-refractivity contribution in [3.8, 4) is 5.75 Å². The largest absolute Gasteiger partial charge is 0.496 e. The number of thiophene rings is 1. The van der Waals surface area contributed by atoms with Gasteiger partial charge >= 0.3 is 0 Å². The summed E-state index contributed by atoms with van der Waals surface area (Å²) in [5, 5.41) is 5.82. The Morgan fingerprint density at radius 2 is 2.00 bits per heavy atom. The molecule has 0 aliphatic carbocycles. The monoisotopic (exact) mass is 275 g/mol. The SMILES string of the molecule is CCC(N[C@H](C)c1ccccc1OC)c1cccs1. The maximum atomic E-state index is 5.43. The molecule has 3 heteroatoms. The van der Waals surface area contributed by atoms with Crippen molar-refractivity contribution >= 4 is 11.3 Å². The minimum absolute atomic E-state index is 0.267. The summed E-state index contributed by atoms with van der Waals surface area (Å²) in [4.78, 5) is 1.39. The molecular formula is C16H21NOS. The highest BCUT2D eigenvalue weighted by Crippen LogP contribution is 2.29. The standard InChI is InChI=1S/C16H21NOS/c1-4-14(16-10-7-11-19-16)17-12(2)13-8-5-6-9-15(13)18-3/h5-12,14,17H,4H2,1-3H3/t12-,14?/m1/s1. The van der Waals surface area contributed by atoms with Crippen molar-refractivity contribution in [1.82, 2.24) is 5.32 Å². The third kappa shape index (κ3) is 3.37. The number of nitrogens with one attached hydrogen (secondary N) is 1. The number of ether oxygens (including phenoxy) is 1. The molecule has 1 aromatic carbocycles. The van der Waals surface area contributed by atoms with E-state index >= 15 is 0 Å². The molecule has 2 nitrogen and oxygen atoms in total. The minimum Gasteiger partial charge on any atom is -0.496 e. The normalized spacial score (nSPS) is 14.1. The van der Waals surface area contributed by atoms with Gasteiger partial charge in [0.1, 0.15) is 5.75 Å². The molecule has 2 aromatic rings. The fourth-order valence-corrected chi connectivity index (χ4v) is 3.18. The molecule has 0 aliphatic heterocycles. The van der Waals surface area contributed by atoms with Crippen molar-refractivity contribution in [3.05, 3.63) is 52.2 Å². The van der Waals surface area contributed by atoms with Gasteiger partial charge in [0.2, 0.25) is 0 Å². The Labute approximate surface area is 119 Å². The summed E-state index contributed by atoms with van der Waals surface area (Å²) in [6.07, 6.45) is 1.08. The third-order valence-electron chi connectivity index (χ3n) is 3.35. The molecule has 0 radical (unpaired) electrons. The Morgan fingerprint density at radius 1 is 1.21 bits per heavy atom. The zero-order valence-electron chi connectivity index (χ0n) is 11.7. The maximum Gasteiger partial charge on any atom is 0.123 e. The molecule has 102 valence electrons. The third-order valence-corrected chi connectivity index (χ3v) is 4.34. The van der Waals surface area contributed by atoms with E-state index in [2.05, 4.69) is 48.8 Å². The molecule has 0 aliphatic rings. The Morgan fingerprint density at radius 3 is 2.63 bits per heavy atom. The highest BCUT2D eigenvalue weighted by molar-refractivity contribution is 7.10. The highest BCUT2D eigenvalue weighted by Gasteiger charge is 2.16. The first-order chi connectivity index (χ1) is 9.26. The molecule has 1 N–H and O–H groups in total. The number of para-hydroxylation sites is 1. The lowest BCUT2D eigenvalue weighted by Gasteiger charge is -2.23. The molecule has 1 heterocycles. The molecular weight excluding hydrogens is 254 g/mol. The van der Waals surface area contributed by atoms with Crippen LogP contribution in [0.25, 0.3) is 0 Å². The lowest BCUT2D eigenvalue weighted by atomic mass is 10.0. The molecule has 0 amide bonds. The average molecular weight is 275 g/mol. The van der Waals surface area contributed by atoms with Crippen molar-refractivity contribution in [2.45, 2.75) is 32.4 Å². The van der Waals surface area contributed by atoms with Gasteiger partial charge in [-0.05, 0) is 30.9 Å². The van der Waals surface area contributed by atoms with Crippen LogP contribution < -0.4 is 10.1 Å². The van der Waals surface area contributed by atoms with Crippen LogP contribution in [0.5, 0.6) is 5.75 Å². The topological polar surface area (TPSA) is 21.3 Å². The van der Waals surface area contributed by atoms with Crippen molar-refractivity contribution in [3.63, 3.8) is 0 Å². The Balaban J connectivity index is 2.13. The van der Waals surface area contributed by atoms with E-state index < -0.39 is 0 Å². The summed E-state index contributed by atoms with van der Waals surface area (Å²) < 4.78 is 5.43. The van der Waals surface area contributed by atoms with Gasteiger partial charge in [0.15, 0.2) is 0 Å². The summed E-state index contributed by atoms with van der Waals surface area (Å²) in [6.45, 7) is 4.40. The average Bonchev–Trinajstić information content (AvgIpc) is 2.98. The molecule has 0 saturated heterocycles. The first-order valence-electron chi connectivity index (χ1n) is 6.68. The van der Waals surface area contributed by atoms with Gasteiger partial charge in [0.05, 0.1) is 7.11 Å². The van der Waals surface area contributed by atoms with Crippen LogP contribution in [-0.2, 0) is 0 Å². The zero-order chi connectivity index (χ0) is 13.7. The molecule has 0 spiro atoms. The van der Waals surface area contributed by atoms with E-state index in [1.54, 1.807) is 7.11 Å². The quantitative estimate of drug-likeness (QED) is 0.834. The van der Waals surface area contributed by atoms with Crippen molar-refractivity contribution in [2.24, 2.45) is 0 Å². The number of benzene rings is 1. The first-order valence-corrected chi connectivity index (χ1v) is 7.56. The highest BCUT2D eigenvalue weighted by atomic mass is 32.1. The predicted octanol–water partition coefficient (Wildman–Crippen LogP) is 4.56. The maximum absolute atomic E-state index is 5.43. The molecule has 0 bridgehead atoms. The Bertz CT molecular complexity index is 495. The predicted molar refractivity (Wildman–Crippen MR) is 81.9 cm³/mol. The van der Waals surface area contributed by atoms with Gasteiger partial charge in [0.25, 0.3) is 0 Å². The second-order valence-electron chi connectivity index (χ2n) is 4.61. The summed E-state index contributed by atoms with van der Waals surface area (Å²) in [5.41, 5.74) is 1.21. The second kappa shape index (κ2) is 6.73. The van der Waals surface area contributed by atoms with Crippen molar-refractivity contribution in [1.29, 1.82) is 0 Å². The molecule has 0 fully saturated rings. The summed E-state index contributed by atoms with van der Waals surface area (Å²) in [7, 11) is 1.72. The molecule has 0 saturated carbocycles. The van der Waals surface area contributed by atoms with Crippen LogP contribution in [0.15, 0.2) is 41.8 Å². The van der Waals surface area contributed by atoms with Gasteiger partial charge in [-0.1, -0.05) is 31.2 Å². The van der Waals surface area contributed by atoms with Gasteiger partial charge in [-0.25, -0.2) is 0 Å². The van der Waals surface area contributed by atoms with Crippen LogP contribution in [0.4, 0.5) is 0 Å². The van der Waals surface area contributed by atoms with Gasteiger partial charge in [-0.15, -0.1) is 11.3 Å². The lowest BCUT2D eigenvalue weighted by Crippen LogP contribution is -2.23. The lowest BCUT2D eigenvalue weighted by molar-refractivity contribution is 0.393. The van der Waals surface area contributed by atoms with E-state index in [0.717, 1.165) is 12.2 Å². The van der Waals surface area contributed by atoms with Gasteiger partial charge < -0.3 is 10.1 Å². The number of methoxy groups -OCH3 is 1. The number of rotatable bonds is 6. The summed E-state index contributed by atoms with van der Waals surface area (Å²) in [6, 6.07) is 13.2. The second-order valence-corrected chi connectivity index (χ2v) is 5.59.